The predicted octanol–water partition coefficient (Wildman–Crippen LogP) is 3.38. The van der Waals surface area contributed by atoms with Crippen molar-refractivity contribution in [2.75, 3.05) is 21.2 Å². The van der Waals surface area contributed by atoms with Crippen LogP contribution in [0.3, 0.4) is 0 Å². The van der Waals surface area contributed by atoms with E-state index in [4.69, 9.17) is 14.0 Å². The Bertz CT molecular complexity index is 892. The van der Waals surface area contributed by atoms with Crippen LogP contribution in [-0.2, 0) is 20.9 Å². The maximum atomic E-state index is 11.3. The molecular weight excluding hydrogens is 400 g/mol. The second kappa shape index (κ2) is 9.96. The fourth-order valence-corrected chi connectivity index (χ4v) is 4.30. The highest BCUT2D eigenvalue weighted by Gasteiger charge is 2.60. The monoisotopic (exact) mass is 430 g/mol. The van der Waals surface area contributed by atoms with Gasteiger partial charge in [0.25, 0.3) is 0 Å². The number of ether oxygens (including phenoxy) is 2. The van der Waals surface area contributed by atoms with Gasteiger partial charge in [-0.3, -0.25) is 9.59 Å². The number of aliphatic carboxylic acids is 1. The number of hydrogen-bond donors (Lipinski definition) is 1. The van der Waals surface area contributed by atoms with Gasteiger partial charge in [-0.1, -0.05) is 5.16 Å². The summed E-state index contributed by atoms with van der Waals surface area (Å²) in [7, 11) is 5.02. The molecule has 2 aliphatic rings. The molecule has 168 valence electrons. The molecule has 31 heavy (non-hydrogen) atoms. The molecule has 1 aromatic heterocycles. The van der Waals surface area contributed by atoms with E-state index in [1.54, 1.807) is 21.2 Å². The van der Waals surface area contributed by atoms with E-state index in [-0.39, 0.29) is 17.9 Å². The number of aryl methyl sites for hydroxylation is 1. The van der Waals surface area contributed by atoms with Crippen molar-refractivity contribution in [3.63, 3.8) is 0 Å². The van der Waals surface area contributed by atoms with Crippen LogP contribution in [0.15, 0.2) is 28.8 Å². The lowest BCUT2D eigenvalue weighted by molar-refractivity contribution is -0.139. The van der Waals surface area contributed by atoms with E-state index in [0.717, 1.165) is 48.2 Å². The largest absolute Gasteiger partial charge is 0.490 e. The minimum Gasteiger partial charge on any atom is -0.490 e. The van der Waals surface area contributed by atoms with E-state index in [9.17, 15) is 14.7 Å². The molecule has 4 rings (SSSR count). The van der Waals surface area contributed by atoms with Crippen molar-refractivity contribution in [2.24, 2.45) is 17.8 Å². The van der Waals surface area contributed by atoms with Gasteiger partial charge >= 0.3 is 5.97 Å². The second-order valence-corrected chi connectivity index (χ2v) is 8.29. The highest BCUT2D eigenvalue weighted by Crippen LogP contribution is 2.56. The number of carbonyl (C=O) groups excluding carboxylic acids is 1. The van der Waals surface area contributed by atoms with E-state index >= 15 is 0 Å². The number of benzene rings is 1. The predicted molar refractivity (Wildman–Crippen MR) is 114 cm³/mol. The molecule has 0 spiro atoms. The van der Waals surface area contributed by atoms with Gasteiger partial charge in [0.2, 0.25) is 6.41 Å². The van der Waals surface area contributed by atoms with Gasteiger partial charge in [-0.2, -0.15) is 0 Å². The molecule has 1 heterocycles. The van der Waals surface area contributed by atoms with Crippen LogP contribution in [0, 0.1) is 24.7 Å². The quantitative estimate of drug-likeness (QED) is 0.672. The standard InChI is InChI=1S/C20H23NO5.C3H7NO/c1-11-15(10-24-2)19(26-21-11)12-6-8-13(9-7-12)25-16-5-3-4-14-17(16)18(14)20(22)23;1-4(2)3-5/h6-9,14,16-18H,3-5,10H2,1-2H3,(H,22,23);3H,1-2H3. The molecule has 0 bridgehead atoms. The summed E-state index contributed by atoms with van der Waals surface area (Å²) in [5.74, 6) is 1.01. The van der Waals surface area contributed by atoms with Crippen LogP contribution < -0.4 is 4.74 Å². The number of carboxylic acid groups (broad SMARTS) is 1. The lowest BCUT2D eigenvalue weighted by Gasteiger charge is -2.22. The number of carbonyl (C=O) groups is 2. The number of aromatic nitrogens is 1. The summed E-state index contributed by atoms with van der Waals surface area (Å²) in [4.78, 5) is 22.2. The Morgan fingerprint density at radius 3 is 2.55 bits per heavy atom. The lowest BCUT2D eigenvalue weighted by Crippen LogP contribution is -2.24. The van der Waals surface area contributed by atoms with Crippen molar-refractivity contribution in [1.29, 1.82) is 0 Å². The molecule has 1 amide bonds. The van der Waals surface area contributed by atoms with E-state index in [1.165, 1.54) is 4.90 Å². The first kappa shape index (κ1) is 22.8. The number of methoxy groups -OCH3 is 1. The summed E-state index contributed by atoms with van der Waals surface area (Å²) in [6, 6.07) is 7.70. The smallest absolute Gasteiger partial charge is 0.307 e. The van der Waals surface area contributed by atoms with Crippen LogP contribution >= 0.6 is 0 Å². The number of amides is 1. The third kappa shape index (κ3) is 5.25. The Morgan fingerprint density at radius 2 is 1.97 bits per heavy atom. The van der Waals surface area contributed by atoms with Crippen molar-refractivity contribution in [1.82, 2.24) is 10.1 Å². The fraction of sp³-hybridized carbons (Fsp3) is 0.522. The third-order valence-corrected chi connectivity index (χ3v) is 5.86. The van der Waals surface area contributed by atoms with E-state index in [2.05, 4.69) is 5.16 Å². The van der Waals surface area contributed by atoms with Gasteiger partial charge in [-0.15, -0.1) is 0 Å². The van der Waals surface area contributed by atoms with E-state index in [1.807, 2.05) is 31.2 Å². The number of carboxylic acids is 1. The Balaban J connectivity index is 0.000000491. The molecule has 2 fully saturated rings. The average molecular weight is 431 g/mol. The maximum Gasteiger partial charge on any atom is 0.307 e. The van der Waals surface area contributed by atoms with Crippen LogP contribution in [0.2, 0.25) is 0 Å². The van der Waals surface area contributed by atoms with E-state index in [0.29, 0.717) is 18.3 Å². The van der Waals surface area contributed by atoms with Gasteiger partial charge in [0.15, 0.2) is 5.76 Å². The summed E-state index contributed by atoms with van der Waals surface area (Å²) in [5.41, 5.74) is 2.68. The van der Waals surface area contributed by atoms with Gasteiger partial charge in [0.1, 0.15) is 11.9 Å². The van der Waals surface area contributed by atoms with Crippen LogP contribution in [0.5, 0.6) is 5.75 Å². The van der Waals surface area contributed by atoms with Gasteiger partial charge < -0.3 is 24.0 Å². The molecule has 2 aromatic rings. The van der Waals surface area contributed by atoms with Crippen LogP contribution in [-0.4, -0.2) is 54.9 Å². The zero-order valence-electron chi connectivity index (χ0n) is 18.4. The molecule has 0 radical (unpaired) electrons. The van der Waals surface area contributed by atoms with Crippen molar-refractivity contribution in [2.45, 2.75) is 38.9 Å². The minimum absolute atomic E-state index is 0.00252. The van der Waals surface area contributed by atoms with Crippen molar-refractivity contribution in [3.8, 4) is 17.1 Å². The molecule has 2 saturated carbocycles. The Hall–Kier alpha value is -2.87. The molecule has 2 aliphatic carbocycles. The maximum absolute atomic E-state index is 11.3. The molecule has 4 unspecified atom stereocenters. The zero-order chi connectivity index (χ0) is 22.5. The molecular formula is C23H30N2O6. The lowest BCUT2D eigenvalue weighted by atomic mass is 9.98. The zero-order valence-corrected chi connectivity index (χ0v) is 18.4. The normalized spacial score (nSPS) is 23.7. The van der Waals surface area contributed by atoms with Gasteiger partial charge in [-0.05, 0) is 56.4 Å². The third-order valence-electron chi connectivity index (χ3n) is 5.86. The number of nitrogens with zero attached hydrogens (tertiary/aromatic N) is 2. The van der Waals surface area contributed by atoms with Crippen LogP contribution in [0.1, 0.15) is 30.5 Å². The summed E-state index contributed by atoms with van der Waals surface area (Å²) in [6.07, 6.45) is 3.71. The first-order valence-electron chi connectivity index (χ1n) is 10.4. The Morgan fingerprint density at radius 1 is 1.29 bits per heavy atom. The van der Waals surface area contributed by atoms with Crippen LogP contribution in [0.25, 0.3) is 11.3 Å². The molecule has 1 aromatic carbocycles. The second-order valence-electron chi connectivity index (χ2n) is 8.29. The first-order chi connectivity index (χ1) is 14.9. The summed E-state index contributed by atoms with van der Waals surface area (Å²) >= 11 is 0. The summed E-state index contributed by atoms with van der Waals surface area (Å²) in [5, 5.41) is 13.3. The van der Waals surface area contributed by atoms with Crippen molar-refractivity contribution >= 4 is 12.4 Å². The Labute approximate surface area is 182 Å². The molecule has 8 nitrogen and oxygen atoms in total. The topological polar surface area (TPSA) is 102 Å². The molecule has 4 atom stereocenters. The average Bonchev–Trinajstić information content (AvgIpc) is 3.40. The van der Waals surface area contributed by atoms with E-state index < -0.39 is 5.97 Å². The SMILES string of the molecule is CN(C)C=O.COCc1c(C)noc1-c1ccc(OC2CCCC3C(C(=O)O)C23)cc1. The molecule has 1 N–H and O–H groups in total. The Kier molecular flexibility index (Phi) is 7.33. The molecule has 0 saturated heterocycles. The minimum atomic E-state index is -0.683. The number of fused-ring (bicyclic) bond motifs is 1. The highest BCUT2D eigenvalue weighted by molar-refractivity contribution is 5.74. The van der Waals surface area contributed by atoms with Gasteiger partial charge in [0.05, 0.1) is 18.2 Å². The molecule has 0 aliphatic heterocycles. The van der Waals surface area contributed by atoms with Gasteiger partial charge in [0, 0.05) is 38.2 Å². The first-order valence-corrected chi connectivity index (χ1v) is 10.4. The summed E-state index contributed by atoms with van der Waals surface area (Å²) in [6.45, 7) is 2.34. The van der Waals surface area contributed by atoms with Crippen molar-refractivity contribution < 1.29 is 28.7 Å². The fourth-order valence-electron chi connectivity index (χ4n) is 4.30. The number of hydrogen-bond acceptors (Lipinski definition) is 6. The van der Waals surface area contributed by atoms with Crippen LogP contribution in [0.4, 0.5) is 0 Å². The molecule has 8 heteroatoms. The van der Waals surface area contributed by atoms with Gasteiger partial charge in [-0.25, -0.2) is 0 Å². The summed E-state index contributed by atoms with van der Waals surface area (Å²) < 4.78 is 16.8. The number of rotatable bonds is 7. The highest BCUT2D eigenvalue weighted by atomic mass is 16.5. The van der Waals surface area contributed by atoms with Crippen molar-refractivity contribution in [3.05, 3.63) is 35.5 Å².